The van der Waals surface area contributed by atoms with Crippen molar-refractivity contribution >= 4 is 5.82 Å². The third-order valence-electron chi connectivity index (χ3n) is 3.28. The average Bonchev–Trinajstić information content (AvgIpc) is 2.43. The van der Waals surface area contributed by atoms with Crippen molar-refractivity contribution in [3.8, 4) is 5.69 Å². The molecule has 0 atom stereocenters. The van der Waals surface area contributed by atoms with Crippen molar-refractivity contribution in [1.29, 1.82) is 0 Å². The van der Waals surface area contributed by atoms with E-state index < -0.39 is 0 Å². The molecular weight excluding hydrogens is 208 g/mol. The summed E-state index contributed by atoms with van der Waals surface area (Å²) in [6.45, 7) is 10.6. The summed E-state index contributed by atoms with van der Waals surface area (Å²) in [5.41, 5.74) is 13.6. The molecule has 0 aliphatic rings. The fourth-order valence-corrected chi connectivity index (χ4v) is 2.64. The molecule has 1 heterocycles. The Kier molecular flexibility index (Phi) is 2.74. The van der Waals surface area contributed by atoms with E-state index >= 15 is 0 Å². The van der Waals surface area contributed by atoms with Gasteiger partial charge in [-0.15, -0.1) is 0 Å². The van der Waals surface area contributed by atoms with E-state index in [1.807, 2.05) is 0 Å². The van der Waals surface area contributed by atoms with E-state index in [9.17, 15) is 0 Å². The third kappa shape index (κ3) is 1.84. The Morgan fingerprint density at radius 2 is 1.35 bits per heavy atom. The van der Waals surface area contributed by atoms with Crippen LogP contribution < -0.4 is 5.73 Å². The van der Waals surface area contributed by atoms with Gasteiger partial charge < -0.3 is 10.3 Å². The van der Waals surface area contributed by atoms with E-state index in [0.29, 0.717) is 0 Å². The Bertz CT molecular complexity index is 554. The molecule has 2 aromatic rings. The van der Waals surface area contributed by atoms with Gasteiger partial charge in [0.2, 0.25) is 0 Å². The van der Waals surface area contributed by atoms with Crippen molar-refractivity contribution in [2.45, 2.75) is 34.6 Å². The Morgan fingerprint density at radius 3 is 1.76 bits per heavy atom. The molecule has 0 fully saturated rings. The van der Waals surface area contributed by atoms with E-state index in [0.717, 1.165) is 11.4 Å². The molecule has 0 unspecified atom stereocenters. The number of anilines is 1. The van der Waals surface area contributed by atoms with Crippen molar-refractivity contribution in [1.82, 2.24) is 4.57 Å². The van der Waals surface area contributed by atoms with E-state index in [-0.39, 0.29) is 0 Å². The van der Waals surface area contributed by atoms with E-state index in [4.69, 9.17) is 5.73 Å². The van der Waals surface area contributed by atoms with Crippen LogP contribution in [0, 0.1) is 34.6 Å². The van der Waals surface area contributed by atoms with Crippen LogP contribution in [0.25, 0.3) is 5.69 Å². The molecule has 17 heavy (non-hydrogen) atoms. The van der Waals surface area contributed by atoms with Crippen molar-refractivity contribution in [2.24, 2.45) is 0 Å². The predicted octanol–water partition coefficient (Wildman–Crippen LogP) is 3.60. The number of rotatable bonds is 1. The van der Waals surface area contributed by atoms with Crippen LogP contribution in [-0.4, -0.2) is 4.57 Å². The average molecular weight is 228 g/mol. The Labute approximate surface area is 103 Å². The molecule has 0 aliphatic carbocycles. The topological polar surface area (TPSA) is 30.9 Å². The molecule has 0 bridgehead atoms. The van der Waals surface area contributed by atoms with Gasteiger partial charge in [-0.3, -0.25) is 0 Å². The van der Waals surface area contributed by atoms with Gasteiger partial charge in [0.1, 0.15) is 5.82 Å². The molecule has 2 heteroatoms. The first-order valence-electron chi connectivity index (χ1n) is 5.94. The zero-order valence-corrected chi connectivity index (χ0v) is 11.3. The number of aryl methyl sites for hydroxylation is 5. The van der Waals surface area contributed by atoms with Crippen LogP contribution in [0.3, 0.4) is 0 Å². The molecule has 0 saturated carbocycles. The first-order chi connectivity index (χ1) is 7.91. The monoisotopic (exact) mass is 228 g/mol. The van der Waals surface area contributed by atoms with E-state index in [2.05, 4.69) is 57.4 Å². The molecule has 1 aromatic carbocycles. The second-order valence-corrected chi connectivity index (χ2v) is 4.94. The van der Waals surface area contributed by atoms with Crippen molar-refractivity contribution in [2.75, 3.05) is 5.73 Å². The lowest BCUT2D eigenvalue weighted by Crippen LogP contribution is -2.06. The summed E-state index contributed by atoms with van der Waals surface area (Å²) in [6, 6.07) is 6.54. The van der Waals surface area contributed by atoms with Gasteiger partial charge >= 0.3 is 0 Å². The van der Waals surface area contributed by atoms with Gasteiger partial charge in [0.15, 0.2) is 0 Å². The highest BCUT2D eigenvalue weighted by Gasteiger charge is 2.12. The number of nitrogens with zero attached hydrogens (tertiary/aromatic N) is 1. The maximum absolute atomic E-state index is 6.17. The van der Waals surface area contributed by atoms with Crippen molar-refractivity contribution in [3.63, 3.8) is 0 Å². The lowest BCUT2D eigenvalue weighted by atomic mass is 10.0. The summed E-state index contributed by atoms with van der Waals surface area (Å²) in [7, 11) is 0. The van der Waals surface area contributed by atoms with Crippen molar-refractivity contribution in [3.05, 3.63) is 46.1 Å². The Balaban J connectivity index is 2.77. The molecule has 0 saturated heterocycles. The highest BCUT2D eigenvalue weighted by molar-refractivity contribution is 5.58. The molecule has 0 radical (unpaired) electrons. The smallest absolute Gasteiger partial charge is 0.111 e. The zero-order chi connectivity index (χ0) is 12.7. The lowest BCUT2D eigenvalue weighted by Gasteiger charge is -2.16. The first-order valence-corrected chi connectivity index (χ1v) is 5.94. The van der Waals surface area contributed by atoms with Gasteiger partial charge in [0, 0.05) is 5.69 Å². The molecule has 2 N–H and O–H groups in total. The highest BCUT2D eigenvalue weighted by Crippen LogP contribution is 2.28. The maximum Gasteiger partial charge on any atom is 0.111 e. The number of aromatic nitrogens is 1. The number of nitrogens with two attached hydrogens (primary N) is 1. The fraction of sp³-hybridized carbons (Fsp3) is 0.333. The normalized spacial score (nSPS) is 10.9. The molecule has 2 rings (SSSR count). The highest BCUT2D eigenvalue weighted by atomic mass is 15.1. The summed E-state index contributed by atoms with van der Waals surface area (Å²) < 4.78 is 2.15. The van der Waals surface area contributed by atoms with Gasteiger partial charge in [0.25, 0.3) is 0 Å². The van der Waals surface area contributed by atoms with Gasteiger partial charge in [-0.25, -0.2) is 0 Å². The predicted molar refractivity (Wildman–Crippen MR) is 73.9 cm³/mol. The largest absolute Gasteiger partial charge is 0.385 e. The number of benzene rings is 1. The second-order valence-electron chi connectivity index (χ2n) is 4.94. The summed E-state index contributed by atoms with van der Waals surface area (Å²) in [4.78, 5) is 0. The van der Waals surface area contributed by atoms with Gasteiger partial charge in [-0.2, -0.15) is 0 Å². The molecule has 1 aromatic heterocycles. The molecular formula is C15H20N2. The molecule has 0 spiro atoms. The molecule has 0 aliphatic heterocycles. The second kappa shape index (κ2) is 3.95. The number of hydrogen-bond acceptors (Lipinski definition) is 1. The van der Waals surface area contributed by atoms with Crippen LogP contribution in [-0.2, 0) is 0 Å². The Hall–Kier alpha value is -1.70. The molecule has 0 amide bonds. The first kappa shape index (κ1) is 11.8. The maximum atomic E-state index is 6.17. The fourth-order valence-electron chi connectivity index (χ4n) is 2.64. The molecule has 2 nitrogen and oxygen atoms in total. The number of nitrogen functional groups attached to an aromatic ring is 1. The minimum atomic E-state index is 0.845. The van der Waals surface area contributed by atoms with Crippen LogP contribution >= 0.6 is 0 Å². The molecule has 90 valence electrons. The lowest BCUT2D eigenvalue weighted by molar-refractivity contribution is 0.994. The SMILES string of the molecule is Cc1cc(C)c(-n2c(C)cc(C)c2N)c(C)c1. The van der Waals surface area contributed by atoms with Crippen LogP contribution in [0.5, 0.6) is 0 Å². The van der Waals surface area contributed by atoms with Crippen LogP contribution in [0.1, 0.15) is 27.9 Å². The van der Waals surface area contributed by atoms with Gasteiger partial charge in [-0.1, -0.05) is 17.7 Å². The summed E-state index contributed by atoms with van der Waals surface area (Å²) in [6.07, 6.45) is 0. The van der Waals surface area contributed by atoms with Gasteiger partial charge in [-0.05, 0) is 57.4 Å². The minimum absolute atomic E-state index is 0.845. The summed E-state index contributed by atoms with van der Waals surface area (Å²) >= 11 is 0. The van der Waals surface area contributed by atoms with Gasteiger partial charge in [0.05, 0.1) is 5.69 Å². The quantitative estimate of drug-likeness (QED) is 0.794. The summed E-state index contributed by atoms with van der Waals surface area (Å²) in [5.74, 6) is 0.845. The minimum Gasteiger partial charge on any atom is -0.385 e. The van der Waals surface area contributed by atoms with Crippen LogP contribution in [0.15, 0.2) is 18.2 Å². The van der Waals surface area contributed by atoms with Crippen LogP contribution in [0.4, 0.5) is 5.82 Å². The standard InChI is InChI=1S/C15H20N2/c1-9-6-10(2)14(11(3)7-9)17-13(5)8-12(4)15(17)16/h6-8H,16H2,1-5H3. The third-order valence-corrected chi connectivity index (χ3v) is 3.28. The van der Waals surface area contributed by atoms with E-state index in [1.54, 1.807) is 0 Å². The van der Waals surface area contributed by atoms with Crippen molar-refractivity contribution < 1.29 is 0 Å². The zero-order valence-electron chi connectivity index (χ0n) is 11.3. The number of hydrogen-bond donors (Lipinski definition) is 1. The Morgan fingerprint density at radius 1 is 0.824 bits per heavy atom. The van der Waals surface area contributed by atoms with E-state index in [1.165, 1.54) is 28.1 Å². The summed E-state index contributed by atoms with van der Waals surface area (Å²) in [5, 5.41) is 0. The van der Waals surface area contributed by atoms with Crippen LogP contribution in [0.2, 0.25) is 0 Å².